The van der Waals surface area contributed by atoms with Crippen LogP contribution in [-0.2, 0) is 6.54 Å². The highest BCUT2D eigenvalue weighted by Gasteiger charge is 2.33. The minimum Gasteiger partial charge on any atom is -0.465 e. The second kappa shape index (κ2) is 8.41. The third kappa shape index (κ3) is 4.38. The Morgan fingerprint density at radius 3 is 2.77 bits per heavy atom. The zero-order valence-electron chi connectivity index (χ0n) is 17.0. The van der Waals surface area contributed by atoms with Crippen LogP contribution in [0.3, 0.4) is 0 Å². The van der Waals surface area contributed by atoms with Crippen LogP contribution in [0.5, 0.6) is 0 Å². The minimum absolute atomic E-state index is 0.0600. The molecule has 1 saturated heterocycles. The number of hydrogen-bond acceptors (Lipinski definition) is 7. The van der Waals surface area contributed by atoms with E-state index in [4.69, 9.17) is 16.0 Å². The summed E-state index contributed by atoms with van der Waals surface area (Å²) in [6, 6.07) is 4.00. The van der Waals surface area contributed by atoms with Gasteiger partial charge in [-0.1, -0.05) is 16.7 Å². The van der Waals surface area contributed by atoms with Crippen molar-refractivity contribution in [2.45, 2.75) is 51.3 Å². The number of piperazine rings is 1. The van der Waals surface area contributed by atoms with E-state index in [0.29, 0.717) is 55.9 Å². The first-order valence-corrected chi connectivity index (χ1v) is 10.5. The summed E-state index contributed by atoms with van der Waals surface area (Å²) < 4.78 is 5.71. The molecule has 2 aliphatic rings. The Labute approximate surface area is 179 Å². The number of benzene rings is 1. The molecule has 1 atom stereocenters. The predicted octanol–water partition coefficient (Wildman–Crippen LogP) is 3.20. The van der Waals surface area contributed by atoms with Crippen molar-refractivity contribution in [1.82, 2.24) is 20.0 Å². The Morgan fingerprint density at radius 1 is 1.33 bits per heavy atom. The van der Waals surface area contributed by atoms with E-state index in [1.54, 1.807) is 0 Å². The number of anilines is 2. The Bertz CT molecular complexity index is 930. The van der Waals surface area contributed by atoms with Gasteiger partial charge < -0.3 is 24.8 Å². The standard InChI is InChI=1S/C20H26ClN5O4/c1-11-9-25(3-4-26(11)20(28)29)10-14-5-15(21)8-17(12(14)2)22-19-24-23-18(30-19)13-6-16(27)7-13/h5,8,11,13,16,27H,3-4,6-7,9-10H2,1-2H3,(H,22,24)(H,28,29)/t11-,13?,16?/m0/s1. The fourth-order valence-corrected chi connectivity index (χ4v) is 4.33. The molecule has 2 fully saturated rings. The molecule has 10 heteroatoms. The molecule has 4 rings (SSSR count). The normalized spacial score (nSPS) is 24.5. The highest BCUT2D eigenvalue weighted by Crippen LogP contribution is 2.37. The number of nitrogens with zero attached hydrogens (tertiary/aromatic N) is 4. The van der Waals surface area contributed by atoms with Crippen LogP contribution in [-0.4, -0.2) is 68.1 Å². The van der Waals surface area contributed by atoms with Crippen LogP contribution in [0, 0.1) is 6.92 Å². The van der Waals surface area contributed by atoms with Gasteiger partial charge in [0.2, 0.25) is 5.89 Å². The van der Waals surface area contributed by atoms with Gasteiger partial charge >= 0.3 is 12.1 Å². The lowest BCUT2D eigenvalue weighted by molar-refractivity contribution is 0.0651. The van der Waals surface area contributed by atoms with Crippen LogP contribution in [0.1, 0.15) is 42.7 Å². The van der Waals surface area contributed by atoms with E-state index >= 15 is 0 Å². The number of aliphatic hydroxyl groups is 1. The molecular formula is C20H26ClN5O4. The molecule has 1 saturated carbocycles. The molecule has 0 unspecified atom stereocenters. The second-order valence-corrected chi connectivity index (χ2v) is 8.63. The fraction of sp³-hybridized carbons (Fsp3) is 0.550. The number of halogens is 1. The van der Waals surface area contributed by atoms with Gasteiger partial charge in [-0.25, -0.2) is 4.79 Å². The van der Waals surface area contributed by atoms with Gasteiger partial charge in [-0.15, -0.1) is 5.10 Å². The SMILES string of the molecule is Cc1c(CN2CCN(C(=O)O)[C@@H](C)C2)cc(Cl)cc1Nc1nnc(C2CC(O)C2)o1. The smallest absolute Gasteiger partial charge is 0.407 e. The number of hydrogen-bond donors (Lipinski definition) is 3. The molecule has 2 aromatic rings. The maximum absolute atomic E-state index is 11.3. The Morgan fingerprint density at radius 2 is 2.10 bits per heavy atom. The van der Waals surface area contributed by atoms with E-state index < -0.39 is 6.09 Å². The number of aromatic nitrogens is 2. The molecule has 1 aromatic carbocycles. The second-order valence-electron chi connectivity index (χ2n) is 8.19. The Kier molecular flexibility index (Phi) is 5.86. The average molecular weight is 436 g/mol. The van der Waals surface area contributed by atoms with E-state index in [1.165, 1.54) is 4.90 Å². The van der Waals surface area contributed by atoms with Crippen LogP contribution in [0.15, 0.2) is 16.5 Å². The van der Waals surface area contributed by atoms with Crippen LogP contribution in [0.2, 0.25) is 5.02 Å². The first-order chi connectivity index (χ1) is 14.3. The first kappa shape index (κ1) is 20.9. The number of carbonyl (C=O) groups is 1. The first-order valence-electron chi connectivity index (χ1n) is 10.1. The molecule has 0 bridgehead atoms. The Hall–Kier alpha value is -2.36. The molecule has 3 N–H and O–H groups in total. The van der Waals surface area contributed by atoms with E-state index in [0.717, 1.165) is 16.8 Å². The molecule has 0 spiro atoms. The van der Waals surface area contributed by atoms with Crippen molar-refractivity contribution >= 4 is 29.4 Å². The molecular weight excluding hydrogens is 410 g/mol. The van der Waals surface area contributed by atoms with E-state index in [-0.39, 0.29) is 18.1 Å². The quantitative estimate of drug-likeness (QED) is 0.655. The van der Waals surface area contributed by atoms with Crippen molar-refractivity contribution < 1.29 is 19.4 Å². The van der Waals surface area contributed by atoms with Crippen LogP contribution < -0.4 is 5.32 Å². The zero-order valence-corrected chi connectivity index (χ0v) is 17.8. The van der Waals surface area contributed by atoms with Gasteiger partial charge in [0.05, 0.1) is 6.10 Å². The summed E-state index contributed by atoms with van der Waals surface area (Å²) in [5, 5.41) is 30.6. The topological polar surface area (TPSA) is 115 Å². The molecule has 1 aliphatic carbocycles. The third-order valence-electron chi connectivity index (χ3n) is 5.98. The maximum Gasteiger partial charge on any atom is 0.407 e. The van der Waals surface area contributed by atoms with Crippen molar-refractivity contribution in [2.24, 2.45) is 0 Å². The fourth-order valence-electron chi connectivity index (χ4n) is 4.09. The highest BCUT2D eigenvalue weighted by molar-refractivity contribution is 6.31. The van der Waals surface area contributed by atoms with Crippen molar-refractivity contribution in [3.63, 3.8) is 0 Å². The average Bonchev–Trinajstić information content (AvgIpc) is 3.10. The summed E-state index contributed by atoms with van der Waals surface area (Å²) in [5.74, 6) is 0.651. The minimum atomic E-state index is -0.872. The number of carboxylic acid groups (broad SMARTS) is 1. The van der Waals surface area contributed by atoms with Gasteiger partial charge in [-0.2, -0.15) is 0 Å². The molecule has 0 radical (unpaired) electrons. The summed E-state index contributed by atoms with van der Waals surface area (Å²) in [6.07, 6.45) is 0.143. The lowest BCUT2D eigenvalue weighted by Crippen LogP contribution is -2.53. The summed E-state index contributed by atoms with van der Waals surface area (Å²) in [4.78, 5) is 15.0. The molecule has 1 amide bonds. The molecule has 1 aliphatic heterocycles. The zero-order chi connectivity index (χ0) is 21.4. The molecule has 1 aromatic heterocycles. The van der Waals surface area contributed by atoms with Crippen LogP contribution in [0.4, 0.5) is 16.5 Å². The summed E-state index contributed by atoms with van der Waals surface area (Å²) in [5.41, 5.74) is 2.87. The van der Waals surface area contributed by atoms with Crippen molar-refractivity contribution in [1.29, 1.82) is 0 Å². The van der Waals surface area contributed by atoms with Crippen molar-refractivity contribution in [3.8, 4) is 0 Å². The lowest BCUT2D eigenvalue weighted by atomic mass is 9.82. The molecule has 30 heavy (non-hydrogen) atoms. The lowest BCUT2D eigenvalue weighted by Gasteiger charge is -2.38. The molecule has 2 heterocycles. The monoisotopic (exact) mass is 435 g/mol. The summed E-state index contributed by atoms with van der Waals surface area (Å²) in [7, 11) is 0. The van der Waals surface area contributed by atoms with Gasteiger partial charge in [0.15, 0.2) is 0 Å². The molecule has 162 valence electrons. The van der Waals surface area contributed by atoms with Crippen molar-refractivity contribution in [2.75, 3.05) is 25.0 Å². The summed E-state index contributed by atoms with van der Waals surface area (Å²) >= 11 is 6.36. The van der Waals surface area contributed by atoms with E-state index in [1.807, 2.05) is 26.0 Å². The van der Waals surface area contributed by atoms with E-state index in [9.17, 15) is 15.0 Å². The van der Waals surface area contributed by atoms with Crippen molar-refractivity contribution in [3.05, 3.63) is 34.2 Å². The molecule has 9 nitrogen and oxygen atoms in total. The van der Waals surface area contributed by atoms with Gasteiger partial charge in [-0.05, 0) is 49.9 Å². The number of amides is 1. The Balaban J connectivity index is 1.45. The van der Waals surface area contributed by atoms with Gasteiger partial charge in [-0.3, -0.25) is 4.90 Å². The number of rotatable bonds is 5. The largest absolute Gasteiger partial charge is 0.465 e. The predicted molar refractivity (Wildman–Crippen MR) is 111 cm³/mol. The number of nitrogens with one attached hydrogen (secondary N) is 1. The summed E-state index contributed by atoms with van der Waals surface area (Å²) in [6.45, 7) is 6.43. The van der Waals surface area contributed by atoms with Gasteiger partial charge in [0, 0.05) is 48.8 Å². The van der Waals surface area contributed by atoms with Gasteiger partial charge in [0.25, 0.3) is 0 Å². The third-order valence-corrected chi connectivity index (χ3v) is 6.19. The van der Waals surface area contributed by atoms with E-state index in [2.05, 4.69) is 20.4 Å². The van der Waals surface area contributed by atoms with Gasteiger partial charge in [0.1, 0.15) is 0 Å². The van der Waals surface area contributed by atoms with Crippen LogP contribution >= 0.6 is 11.6 Å². The van der Waals surface area contributed by atoms with Crippen LogP contribution in [0.25, 0.3) is 0 Å². The number of aliphatic hydroxyl groups excluding tert-OH is 1. The highest BCUT2D eigenvalue weighted by atomic mass is 35.5. The maximum atomic E-state index is 11.3.